The SMILES string of the molecule is CC(C)OCCCNCc1ccc(Br)cc1Cl. The van der Waals surface area contributed by atoms with Gasteiger partial charge in [-0.3, -0.25) is 0 Å². The van der Waals surface area contributed by atoms with E-state index in [4.69, 9.17) is 16.3 Å². The lowest BCUT2D eigenvalue weighted by Crippen LogP contribution is -2.17. The first-order valence-electron chi connectivity index (χ1n) is 5.86. The largest absolute Gasteiger partial charge is 0.379 e. The molecule has 1 aromatic rings. The van der Waals surface area contributed by atoms with E-state index in [9.17, 15) is 0 Å². The molecule has 17 heavy (non-hydrogen) atoms. The van der Waals surface area contributed by atoms with Gasteiger partial charge in [0.05, 0.1) is 6.10 Å². The lowest BCUT2D eigenvalue weighted by Gasteiger charge is -2.09. The second kappa shape index (κ2) is 8.09. The molecule has 0 saturated heterocycles. The number of hydrogen-bond donors (Lipinski definition) is 1. The third-order valence-electron chi connectivity index (χ3n) is 2.28. The summed E-state index contributed by atoms with van der Waals surface area (Å²) in [5.41, 5.74) is 1.12. The van der Waals surface area contributed by atoms with Crippen LogP contribution in [0.2, 0.25) is 5.02 Å². The highest BCUT2D eigenvalue weighted by atomic mass is 79.9. The zero-order valence-electron chi connectivity index (χ0n) is 10.3. The predicted octanol–water partition coefficient (Wildman–Crippen LogP) is 4.01. The summed E-state index contributed by atoms with van der Waals surface area (Å²) in [5.74, 6) is 0. The maximum absolute atomic E-state index is 6.12. The van der Waals surface area contributed by atoms with Gasteiger partial charge in [0, 0.05) is 22.6 Å². The molecule has 0 heterocycles. The van der Waals surface area contributed by atoms with Crippen molar-refractivity contribution >= 4 is 27.5 Å². The molecular formula is C13H19BrClNO. The van der Waals surface area contributed by atoms with E-state index in [1.807, 2.05) is 18.2 Å². The Bertz CT molecular complexity index is 344. The van der Waals surface area contributed by atoms with Crippen LogP contribution in [0.25, 0.3) is 0 Å². The third kappa shape index (κ3) is 6.41. The van der Waals surface area contributed by atoms with Crippen LogP contribution in [0.15, 0.2) is 22.7 Å². The molecule has 2 nitrogen and oxygen atoms in total. The van der Waals surface area contributed by atoms with Crippen LogP contribution >= 0.6 is 27.5 Å². The maximum Gasteiger partial charge on any atom is 0.0518 e. The van der Waals surface area contributed by atoms with Crippen molar-refractivity contribution in [2.75, 3.05) is 13.2 Å². The molecule has 1 rings (SSSR count). The molecule has 0 atom stereocenters. The minimum absolute atomic E-state index is 0.316. The standard InChI is InChI=1S/C13H19BrClNO/c1-10(2)17-7-3-6-16-9-11-4-5-12(14)8-13(11)15/h4-5,8,10,16H,3,6-7,9H2,1-2H3. The Hall–Kier alpha value is -0.0900. The van der Waals surface area contributed by atoms with Gasteiger partial charge in [-0.1, -0.05) is 33.6 Å². The van der Waals surface area contributed by atoms with Gasteiger partial charge in [0.25, 0.3) is 0 Å². The summed E-state index contributed by atoms with van der Waals surface area (Å²) in [4.78, 5) is 0. The molecule has 0 aliphatic rings. The molecule has 0 unspecified atom stereocenters. The smallest absolute Gasteiger partial charge is 0.0518 e. The molecule has 0 amide bonds. The van der Waals surface area contributed by atoms with E-state index in [0.717, 1.165) is 41.2 Å². The fourth-order valence-electron chi connectivity index (χ4n) is 1.40. The van der Waals surface area contributed by atoms with Crippen LogP contribution in [0.3, 0.4) is 0 Å². The van der Waals surface area contributed by atoms with Crippen molar-refractivity contribution in [2.24, 2.45) is 0 Å². The van der Waals surface area contributed by atoms with Crippen molar-refractivity contribution in [2.45, 2.75) is 32.9 Å². The fourth-order valence-corrected chi connectivity index (χ4v) is 2.14. The average Bonchev–Trinajstić information content (AvgIpc) is 2.25. The first kappa shape index (κ1) is 15.0. The van der Waals surface area contributed by atoms with Crippen LogP contribution in [-0.4, -0.2) is 19.3 Å². The summed E-state index contributed by atoms with van der Waals surface area (Å²) in [6, 6.07) is 5.95. The number of nitrogens with one attached hydrogen (secondary N) is 1. The summed E-state index contributed by atoms with van der Waals surface area (Å²) >= 11 is 9.51. The molecule has 96 valence electrons. The van der Waals surface area contributed by atoms with Crippen LogP contribution in [0, 0.1) is 0 Å². The summed E-state index contributed by atoms with van der Waals surface area (Å²) < 4.78 is 6.47. The molecule has 0 fully saturated rings. The molecule has 4 heteroatoms. The second-order valence-corrected chi connectivity index (χ2v) is 5.51. The zero-order valence-corrected chi connectivity index (χ0v) is 12.6. The lowest BCUT2D eigenvalue weighted by molar-refractivity contribution is 0.0770. The van der Waals surface area contributed by atoms with Crippen LogP contribution in [0.5, 0.6) is 0 Å². The summed E-state index contributed by atoms with van der Waals surface area (Å²) in [5, 5.41) is 4.15. The van der Waals surface area contributed by atoms with E-state index in [-0.39, 0.29) is 0 Å². The fraction of sp³-hybridized carbons (Fsp3) is 0.538. The average molecular weight is 321 g/mol. The van der Waals surface area contributed by atoms with E-state index < -0.39 is 0 Å². The minimum Gasteiger partial charge on any atom is -0.379 e. The molecule has 0 aromatic heterocycles. The first-order valence-corrected chi connectivity index (χ1v) is 7.03. The summed E-state index contributed by atoms with van der Waals surface area (Å²) in [6.07, 6.45) is 1.34. The van der Waals surface area contributed by atoms with Crippen molar-refractivity contribution in [3.63, 3.8) is 0 Å². The van der Waals surface area contributed by atoms with Crippen molar-refractivity contribution in [3.8, 4) is 0 Å². The monoisotopic (exact) mass is 319 g/mol. The van der Waals surface area contributed by atoms with Gasteiger partial charge in [-0.05, 0) is 44.5 Å². The number of hydrogen-bond acceptors (Lipinski definition) is 2. The number of ether oxygens (including phenoxy) is 1. The summed E-state index contributed by atoms with van der Waals surface area (Å²) in [7, 11) is 0. The Morgan fingerprint density at radius 3 is 2.82 bits per heavy atom. The Labute approximate surface area is 117 Å². The highest BCUT2D eigenvalue weighted by Gasteiger charge is 2.00. The van der Waals surface area contributed by atoms with Gasteiger partial charge in [-0.2, -0.15) is 0 Å². The van der Waals surface area contributed by atoms with Crippen molar-refractivity contribution in [3.05, 3.63) is 33.3 Å². The molecule has 1 aromatic carbocycles. The van der Waals surface area contributed by atoms with E-state index >= 15 is 0 Å². The van der Waals surface area contributed by atoms with Crippen LogP contribution in [0.1, 0.15) is 25.8 Å². The highest BCUT2D eigenvalue weighted by molar-refractivity contribution is 9.10. The van der Waals surface area contributed by atoms with Gasteiger partial charge in [0.2, 0.25) is 0 Å². The van der Waals surface area contributed by atoms with E-state index in [1.54, 1.807) is 0 Å². The Balaban J connectivity index is 2.18. The van der Waals surface area contributed by atoms with E-state index in [2.05, 4.69) is 35.1 Å². The quantitative estimate of drug-likeness (QED) is 0.767. The van der Waals surface area contributed by atoms with E-state index in [1.165, 1.54) is 0 Å². The number of rotatable bonds is 7. The molecule has 1 N–H and O–H groups in total. The van der Waals surface area contributed by atoms with Gasteiger partial charge >= 0.3 is 0 Å². The molecular weight excluding hydrogens is 302 g/mol. The molecule has 0 radical (unpaired) electrons. The van der Waals surface area contributed by atoms with Crippen molar-refractivity contribution < 1.29 is 4.74 Å². The zero-order chi connectivity index (χ0) is 12.7. The van der Waals surface area contributed by atoms with Gasteiger partial charge < -0.3 is 10.1 Å². The number of halogens is 2. The molecule has 0 spiro atoms. The number of benzene rings is 1. The van der Waals surface area contributed by atoms with Gasteiger partial charge in [-0.25, -0.2) is 0 Å². The van der Waals surface area contributed by atoms with Crippen LogP contribution in [-0.2, 0) is 11.3 Å². The van der Waals surface area contributed by atoms with Gasteiger partial charge in [0.1, 0.15) is 0 Å². The van der Waals surface area contributed by atoms with E-state index in [0.29, 0.717) is 6.10 Å². The maximum atomic E-state index is 6.12. The Morgan fingerprint density at radius 1 is 1.41 bits per heavy atom. The minimum atomic E-state index is 0.316. The van der Waals surface area contributed by atoms with Crippen molar-refractivity contribution in [1.29, 1.82) is 0 Å². The Kier molecular flexibility index (Phi) is 7.12. The third-order valence-corrected chi connectivity index (χ3v) is 3.12. The topological polar surface area (TPSA) is 21.3 Å². The van der Waals surface area contributed by atoms with Gasteiger partial charge in [0.15, 0.2) is 0 Å². The van der Waals surface area contributed by atoms with Crippen LogP contribution < -0.4 is 5.32 Å². The van der Waals surface area contributed by atoms with Crippen molar-refractivity contribution in [1.82, 2.24) is 5.32 Å². The normalized spacial score (nSPS) is 11.1. The second-order valence-electron chi connectivity index (χ2n) is 4.19. The molecule has 0 aliphatic heterocycles. The van der Waals surface area contributed by atoms with Gasteiger partial charge in [-0.15, -0.1) is 0 Å². The molecule has 0 aliphatic carbocycles. The molecule has 0 saturated carbocycles. The molecule has 0 bridgehead atoms. The summed E-state index contributed by atoms with van der Waals surface area (Å²) in [6.45, 7) is 6.65. The van der Waals surface area contributed by atoms with Crippen LogP contribution in [0.4, 0.5) is 0 Å². The lowest BCUT2D eigenvalue weighted by atomic mass is 10.2. The Morgan fingerprint density at radius 2 is 2.18 bits per heavy atom. The highest BCUT2D eigenvalue weighted by Crippen LogP contribution is 2.20. The first-order chi connectivity index (χ1) is 8.09. The predicted molar refractivity (Wildman–Crippen MR) is 76.6 cm³/mol.